The van der Waals surface area contributed by atoms with Gasteiger partial charge in [-0.2, -0.15) is 0 Å². The van der Waals surface area contributed by atoms with Gasteiger partial charge in [-0.25, -0.2) is 0 Å². The molecule has 20 heavy (non-hydrogen) atoms. The smallest absolute Gasteiger partial charge is 0.310 e. The van der Waals surface area contributed by atoms with E-state index in [1.54, 1.807) is 0 Å². The molecule has 3 nitrogen and oxygen atoms in total. The van der Waals surface area contributed by atoms with E-state index >= 15 is 0 Å². The zero-order valence-corrected chi connectivity index (χ0v) is 12.8. The zero-order valence-electron chi connectivity index (χ0n) is 12.8. The summed E-state index contributed by atoms with van der Waals surface area (Å²) in [5.41, 5.74) is 0. The van der Waals surface area contributed by atoms with E-state index in [0.29, 0.717) is 6.42 Å². The topological polar surface area (TPSA) is 54.4 Å². The molecule has 0 aromatic rings. The molecule has 0 spiro atoms. The summed E-state index contributed by atoms with van der Waals surface area (Å²) in [6.45, 7) is 4.22. The molecule has 3 atom stereocenters. The van der Waals surface area contributed by atoms with Gasteiger partial charge in [0.15, 0.2) is 0 Å². The summed E-state index contributed by atoms with van der Waals surface area (Å²) in [4.78, 5) is 23.5. The molecule has 1 fully saturated rings. The van der Waals surface area contributed by atoms with E-state index in [9.17, 15) is 14.7 Å². The predicted molar refractivity (Wildman–Crippen MR) is 80.5 cm³/mol. The molecular weight excluding hydrogens is 252 g/mol. The standard InChI is InChI=1S/C17H28O3/c1-3-5-7-9-14-13(11-12-16(14)18)15(17(19)20)10-8-6-4-2/h8,10,13-15H,3-7,9,11-12H2,1-2H3,(H,19,20). The summed E-state index contributed by atoms with van der Waals surface area (Å²) in [6.07, 6.45) is 11.2. The molecular formula is C17H28O3. The number of carboxylic acids is 1. The third kappa shape index (κ3) is 4.77. The summed E-state index contributed by atoms with van der Waals surface area (Å²) < 4.78 is 0. The molecule has 0 aliphatic heterocycles. The highest BCUT2D eigenvalue weighted by molar-refractivity contribution is 5.85. The van der Waals surface area contributed by atoms with Gasteiger partial charge in [0.1, 0.15) is 5.78 Å². The summed E-state index contributed by atoms with van der Waals surface area (Å²) in [7, 11) is 0. The Morgan fingerprint density at radius 2 is 2.10 bits per heavy atom. The number of carbonyl (C=O) groups is 2. The van der Waals surface area contributed by atoms with Crippen molar-refractivity contribution in [3.8, 4) is 0 Å². The second-order valence-corrected chi connectivity index (χ2v) is 5.85. The molecule has 1 saturated carbocycles. The van der Waals surface area contributed by atoms with Crippen molar-refractivity contribution in [2.24, 2.45) is 17.8 Å². The Morgan fingerprint density at radius 3 is 2.70 bits per heavy atom. The molecule has 0 aromatic carbocycles. The SMILES string of the molecule is CCCC=CC(C(=O)O)C1CCC(=O)C1CCCCC. The molecule has 0 bridgehead atoms. The number of Topliss-reactive ketones (excluding diaryl/α,β-unsaturated/α-hetero) is 1. The summed E-state index contributed by atoms with van der Waals surface area (Å²) in [5.74, 6) is -1.02. The fraction of sp³-hybridized carbons (Fsp3) is 0.765. The highest BCUT2D eigenvalue weighted by Crippen LogP contribution is 2.38. The number of aliphatic carboxylic acids is 1. The van der Waals surface area contributed by atoms with Crippen LogP contribution in [0.2, 0.25) is 0 Å². The third-order valence-corrected chi connectivity index (χ3v) is 4.32. The molecule has 0 radical (unpaired) electrons. The zero-order chi connectivity index (χ0) is 15.0. The van der Waals surface area contributed by atoms with Crippen LogP contribution in [-0.2, 0) is 9.59 Å². The van der Waals surface area contributed by atoms with Gasteiger partial charge in [-0.15, -0.1) is 0 Å². The second-order valence-electron chi connectivity index (χ2n) is 5.85. The molecule has 1 aliphatic carbocycles. The van der Waals surface area contributed by atoms with Gasteiger partial charge in [0.05, 0.1) is 5.92 Å². The Balaban J connectivity index is 2.71. The van der Waals surface area contributed by atoms with Crippen molar-refractivity contribution in [2.45, 2.75) is 65.2 Å². The predicted octanol–water partition coefficient (Wildman–Crippen LogP) is 4.22. The lowest BCUT2D eigenvalue weighted by molar-refractivity contribution is -0.142. The number of ketones is 1. The lowest BCUT2D eigenvalue weighted by Crippen LogP contribution is -2.27. The number of hydrogen-bond donors (Lipinski definition) is 1. The highest BCUT2D eigenvalue weighted by Gasteiger charge is 2.40. The summed E-state index contributed by atoms with van der Waals surface area (Å²) in [5, 5.41) is 9.45. The van der Waals surface area contributed by atoms with Gasteiger partial charge in [-0.1, -0.05) is 51.7 Å². The Kier molecular flexibility index (Phi) is 7.56. The summed E-state index contributed by atoms with van der Waals surface area (Å²) in [6, 6.07) is 0. The third-order valence-electron chi connectivity index (χ3n) is 4.32. The lowest BCUT2D eigenvalue weighted by Gasteiger charge is -2.22. The minimum absolute atomic E-state index is 0.00459. The molecule has 3 unspecified atom stereocenters. The maximum absolute atomic E-state index is 12.0. The molecule has 0 saturated heterocycles. The average Bonchev–Trinajstić information content (AvgIpc) is 2.76. The van der Waals surface area contributed by atoms with Crippen LogP contribution in [0, 0.1) is 17.8 Å². The second kappa shape index (κ2) is 8.93. The van der Waals surface area contributed by atoms with Crippen molar-refractivity contribution in [3.63, 3.8) is 0 Å². The quantitative estimate of drug-likeness (QED) is 0.508. The van der Waals surface area contributed by atoms with Crippen LogP contribution in [0.15, 0.2) is 12.2 Å². The number of rotatable bonds is 9. The molecule has 1 rings (SSSR count). The molecule has 0 heterocycles. The molecule has 0 aromatic heterocycles. The number of unbranched alkanes of at least 4 members (excludes halogenated alkanes) is 3. The maximum Gasteiger partial charge on any atom is 0.310 e. The van der Waals surface area contributed by atoms with Crippen molar-refractivity contribution in [1.29, 1.82) is 0 Å². The first-order chi connectivity index (χ1) is 9.61. The van der Waals surface area contributed by atoms with Crippen molar-refractivity contribution < 1.29 is 14.7 Å². The van der Waals surface area contributed by atoms with Gasteiger partial charge in [0, 0.05) is 12.3 Å². The number of carbonyl (C=O) groups excluding carboxylic acids is 1. The van der Waals surface area contributed by atoms with Gasteiger partial charge in [0.25, 0.3) is 0 Å². The Hall–Kier alpha value is -1.12. The van der Waals surface area contributed by atoms with Gasteiger partial charge in [-0.3, -0.25) is 9.59 Å². The van der Waals surface area contributed by atoms with Crippen molar-refractivity contribution in [2.75, 3.05) is 0 Å². The minimum atomic E-state index is -0.780. The van der Waals surface area contributed by atoms with Gasteiger partial charge >= 0.3 is 5.97 Å². The molecule has 114 valence electrons. The maximum atomic E-state index is 12.0. The first-order valence-electron chi connectivity index (χ1n) is 8.04. The van der Waals surface area contributed by atoms with Crippen LogP contribution in [0.3, 0.4) is 0 Å². The van der Waals surface area contributed by atoms with Gasteiger partial charge in [-0.05, 0) is 25.2 Å². The number of allylic oxidation sites excluding steroid dienone is 1. The van der Waals surface area contributed by atoms with E-state index in [-0.39, 0.29) is 17.6 Å². The van der Waals surface area contributed by atoms with E-state index in [1.165, 1.54) is 0 Å². The van der Waals surface area contributed by atoms with E-state index in [1.807, 2.05) is 12.2 Å². The Morgan fingerprint density at radius 1 is 1.35 bits per heavy atom. The first kappa shape index (κ1) is 16.9. The van der Waals surface area contributed by atoms with Crippen LogP contribution < -0.4 is 0 Å². The molecule has 1 aliphatic rings. The fourth-order valence-electron chi connectivity index (χ4n) is 3.17. The lowest BCUT2D eigenvalue weighted by atomic mass is 9.80. The Labute approximate surface area is 122 Å². The largest absolute Gasteiger partial charge is 0.481 e. The van der Waals surface area contributed by atoms with Crippen LogP contribution in [0.5, 0.6) is 0 Å². The van der Waals surface area contributed by atoms with E-state index in [2.05, 4.69) is 13.8 Å². The van der Waals surface area contributed by atoms with Crippen molar-refractivity contribution >= 4 is 11.8 Å². The highest BCUT2D eigenvalue weighted by atomic mass is 16.4. The normalized spacial score (nSPS) is 24.4. The van der Waals surface area contributed by atoms with Crippen LogP contribution in [0.4, 0.5) is 0 Å². The van der Waals surface area contributed by atoms with Crippen LogP contribution in [0.25, 0.3) is 0 Å². The average molecular weight is 280 g/mol. The van der Waals surface area contributed by atoms with Gasteiger partial charge in [0.2, 0.25) is 0 Å². The van der Waals surface area contributed by atoms with E-state index in [0.717, 1.165) is 44.9 Å². The summed E-state index contributed by atoms with van der Waals surface area (Å²) >= 11 is 0. The molecule has 1 N–H and O–H groups in total. The van der Waals surface area contributed by atoms with Crippen molar-refractivity contribution in [1.82, 2.24) is 0 Å². The van der Waals surface area contributed by atoms with Crippen molar-refractivity contribution in [3.05, 3.63) is 12.2 Å². The molecule has 3 heteroatoms. The van der Waals surface area contributed by atoms with Gasteiger partial charge < -0.3 is 5.11 Å². The van der Waals surface area contributed by atoms with Crippen LogP contribution >= 0.6 is 0 Å². The first-order valence-corrected chi connectivity index (χ1v) is 8.04. The van der Waals surface area contributed by atoms with E-state index < -0.39 is 11.9 Å². The van der Waals surface area contributed by atoms with Crippen LogP contribution in [0.1, 0.15) is 65.2 Å². The monoisotopic (exact) mass is 280 g/mol. The molecule has 0 amide bonds. The van der Waals surface area contributed by atoms with Crippen LogP contribution in [-0.4, -0.2) is 16.9 Å². The number of carboxylic acid groups (broad SMARTS) is 1. The Bertz CT molecular complexity index is 346. The minimum Gasteiger partial charge on any atom is -0.481 e. The number of hydrogen-bond acceptors (Lipinski definition) is 2. The fourth-order valence-corrected chi connectivity index (χ4v) is 3.17. The van der Waals surface area contributed by atoms with E-state index in [4.69, 9.17) is 0 Å².